The van der Waals surface area contributed by atoms with Gasteiger partial charge in [0.25, 0.3) is 0 Å². The zero-order chi connectivity index (χ0) is 13.1. The van der Waals surface area contributed by atoms with Gasteiger partial charge in [-0.05, 0) is 37.1 Å². The first-order valence-corrected chi connectivity index (χ1v) is 5.61. The molecule has 1 heterocycles. The summed E-state index contributed by atoms with van der Waals surface area (Å²) in [5.74, 6) is 0.421. The van der Waals surface area contributed by atoms with E-state index in [4.69, 9.17) is 9.84 Å². The molecule has 0 saturated heterocycles. The molecule has 4 heteroatoms. The minimum absolute atomic E-state index is 0.0814. The highest BCUT2D eigenvalue weighted by atomic mass is 19.1. The molecule has 0 saturated carbocycles. The Morgan fingerprint density at radius 1 is 1.22 bits per heavy atom. The van der Waals surface area contributed by atoms with Gasteiger partial charge < -0.3 is 9.84 Å². The minimum Gasteiger partial charge on any atom is -0.439 e. The van der Waals surface area contributed by atoms with Crippen LogP contribution in [-0.2, 0) is 6.61 Å². The number of benzene rings is 1. The van der Waals surface area contributed by atoms with Crippen LogP contribution in [0, 0.1) is 19.7 Å². The summed E-state index contributed by atoms with van der Waals surface area (Å²) in [6.45, 7) is 3.41. The van der Waals surface area contributed by atoms with Crippen molar-refractivity contribution in [3.05, 3.63) is 53.0 Å². The Labute approximate surface area is 105 Å². The lowest BCUT2D eigenvalue weighted by atomic mass is 10.2. The first kappa shape index (κ1) is 12.5. The molecule has 1 aromatic heterocycles. The number of aliphatic hydroxyl groups excluding tert-OH is 1. The van der Waals surface area contributed by atoms with E-state index in [2.05, 4.69) is 4.98 Å². The van der Waals surface area contributed by atoms with E-state index in [-0.39, 0.29) is 12.4 Å². The molecule has 1 aromatic carbocycles. The summed E-state index contributed by atoms with van der Waals surface area (Å²) >= 11 is 0. The molecule has 2 aromatic rings. The zero-order valence-corrected chi connectivity index (χ0v) is 10.3. The van der Waals surface area contributed by atoms with Crippen LogP contribution in [0.4, 0.5) is 4.39 Å². The first-order valence-electron chi connectivity index (χ1n) is 5.61. The third-order valence-corrected chi connectivity index (χ3v) is 2.54. The standard InChI is InChI=1S/C14H14FNO2/c1-9-3-4-12(7-13(9)15)18-14-6-11(8-17)5-10(2)16-14/h3-7,17H,8H2,1-2H3. The summed E-state index contributed by atoms with van der Waals surface area (Å²) in [6.07, 6.45) is 0. The van der Waals surface area contributed by atoms with Crippen LogP contribution in [0.2, 0.25) is 0 Å². The molecule has 3 nitrogen and oxygen atoms in total. The monoisotopic (exact) mass is 247 g/mol. The number of aliphatic hydroxyl groups is 1. The van der Waals surface area contributed by atoms with E-state index in [1.54, 1.807) is 31.2 Å². The number of pyridine rings is 1. The Bertz CT molecular complexity index is 570. The summed E-state index contributed by atoms with van der Waals surface area (Å²) in [6, 6.07) is 8.04. The first-order chi connectivity index (χ1) is 8.58. The second kappa shape index (κ2) is 5.14. The van der Waals surface area contributed by atoms with E-state index >= 15 is 0 Å². The van der Waals surface area contributed by atoms with Gasteiger partial charge in [-0.3, -0.25) is 0 Å². The molecule has 0 unspecified atom stereocenters. The molecule has 0 amide bonds. The predicted molar refractivity (Wildman–Crippen MR) is 66.1 cm³/mol. The number of ether oxygens (including phenoxy) is 1. The van der Waals surface area contributed by atoms with Crippen molar-refractivity contribution in [3.63, 3.8) is 0 Å². The van der Waals surface area contributed by atoms with Crippen molar-refractivity contribution in [3.8, 4) is 11.6 Å². The fraction of sp³-hybridized carbons (Fsp3) is 0.214. The lowest BCUT2D eigenvalue weighted by Crippen LogP contribution is -1.94. The number of nitrogens with zero attached hydrogens (tertiary/aromatic N) is 1. The van der Waals surface area contributed by atoms with Gasteiger partial charge in [0, 0.05) is 17.8 Å². The molecule has 0 aliphatic heterocycles. The molecule has 0 spiro atoms. The highest BCUT2D eigenvalue weighted by Crippen LogP contribution is 2.23. The molecule has 0 bridgehead atoms. The number of halogens is 1. The molecule has 18 heavy (non-hydrogen) atoms. The minimum atomic E-state index is -0.317. The third kappa shape index (κ3) is 2.84. The molecule has 0 aliphatic rings. The van der Waals surface area contributed by atoms with Crippen molar-refractivity contribution in [2.24, 2.45) is 0 Å². The average Bonchev–Trinajstić information content (AvgIpc) is 2.33. The van der Waals surface area contributed by atoms with Crippen molar-refractivity contribution in [2.75, 3.05) is 0 Å². The average molecular weight is 247 g/mol. The van der Waals surface area contributed by atoms with Crippen LogP contribution in [-0.4, -0.2) is 10.1 Å². The molecule has 0 fully saturated rings. The molecule has 0 aliphatic carbocycles. The van der Waals surface area contributed by atoms with Gasteiger partial charge in [0.05, 0.1) is 6.61 Å². The van der Waals surface area contributed by atoms with Crippen molar-refractivity contribution >= 4 is 0 Å². The SMILES string of the molecule is Cc1cc(CO)cc(Oc2ccc(C)c(F)c2)n1. The van der Waals surface area contributed by atoms with Crippen LogP contribution < -0.4 is 4.74 Å². The summed E-state index contributed by atoms with van der Waals surface area (Å²) in [5.41, 5.74) is 2.02. The van der Waals surface area contributed by atoms with Crippen LogP contribution in [0.25, 0.3) is 0 Å². The van der Waals surface area contributed by atoms with E-state index in [1.165, 1.54) is 6.07 Å². The summed E-state index contributed by atoms with van der Waals surface area (Å²) in [4.78, 5) is 4.17. The largest absolute Gasteiger partial charge is 0.439 e. The molecule has 2 rings (SSSR count). The van der Waals surface area contributed by atoms with E-state index in [9.17, 15) is 4.39 Å². The number of hydrogen-bond acceptors (Lipinski definition) is 3. The van der Waals surface area contributed by atoms with Crippen LogP contribution in [0.5, 0.6) is 11.6 Å². The lowest BCUT2D eigenvalue weighted by Gasteiger charge is -2.08. The second-order valence-corrected chi connectivity index (χ2v) is 4.13. The van der Waals surface area contributed by atoms with E-state index in [0.717, 1.165) is 5.69 Å². The highest BCUT2D eigenvalue weighted by molar-refractivity contribution is 5.33. The molecule has 0 radical (unpaired) electrons. The number of rotatable bonds is 3. The van der Waals surface area contributed by atoms with Gasteiger partial charge in [-0.1, -0.05) is 6.07 Å². The number of aromatic nitrogens is 1. The maximum atomic E-state index is 13.4. The van der Waals surface area contributed by atoms with E-state index in [1.807, 2.05) is 6.92 Å². The number of hydrogen-bond donors (Lipinski definition) is 1. The summed E-state index contributed by atoms with van der Waals surface area (Å²) < 4.78 is 18.8. The maximum Gasteiger partial charge on any atom is 0.219 e. The molecular weight excluding hydrogens is 233 g/mol. The van der Waals surface area contributed by atoms with Gasteiger partial charge >= 0.3 is 0 Å². The summed E-state index contributed by atoms with van der Waals surface area (Å²) in [5, 5.41) is 9.09. The molecular formula is C14H14FNO2. The van der Waals surface area contributed by atoms with Gasteiger partial charge in [0.2, 0.25) is 5.88 Å². The van der Waals surface area contributed by atoms with E-state index in [0.29, 0.717) is 22.8 Å². The van der Waals surface area contributed by atoms with Gasteiger partial charge in [-0.25, -0.2) is 9.37 Å². The zero-order valence-electron chi connectivity index (χ0n) is 10.3. The lowest BCUT2D eigenvalue weighted by molar-refractivity contribution is 0.281. The number of aryl methyl sites for hydroxylation is 2. The van der Waals surface area contributed by atoms with Crippen LogP contribution in [0.15, 0.2) is 30.3 Å². The van der Waals surface area contributed by atoms with Gasteiger partial charge in [-0.15, -0.1) is 0 Å². The Kier molecular flexibility index (Phi) is 3.58. The normalized spacial score (nSPS) is 10.4. The van der Waals surface area contributed by atoms with Gasteiger partial charge in [0.15, 0.2) is 0 Å². The molecule has 0 atom stereocenters. The van der Waals surface area contributed by atoms with Crippen LogP contribution >= 0.6 is 0 Å². The Morgan fingerprint density at radius 2 is 2.00 bits per heavy atom. The predicted octanol–water partition coefficient (Wildman–Crippen LogP) is 3.12. The maximum absolute atomic E-state index is 13.4. The topological polar surface area (TPSA) is 42.4 Å². The van der Waals surface area contributed by atoms with Crippen molar-refractivity contribution < 1.29 is 14.2 Å². The smallest absolute Gasteiger partial charge is 0.219 e. The fourth-order valence-corrected chi connectivity index (χ4v) is 1.61. The van der Waals surface area contributed by atoms with E-state index < -0.39 is 0 Å². The van der Waals surface area contributed by atoms with Gasteiger partial charge in [0.1, 0.15) is 11.6 Å². The molecule has 1 N–H and O–H groups in total. The van der Waals surface area contributed by atoms with Crippen LogP contribution in [0.1, 0.15) is 16.8 Å². The third-order valence-electron chi connectivity index (χ3n) is 2.54. The quantitative estimate of drug-likeness (QED) is 0.906. The Hall–Kier alpha value is -1.94. The fourth-order valence-electron chi connectivity index (χ4n) is 1.61. The van der Waals surface area contributed by atoms with Crippen molar-refractivity contribution in [1.82, 2.24) is 4.98 Å². The summed E-state index contributed by atoms with van der Waals surface area (Å²) in [7, 11) is 0. The molecule has 94 valence electrons. The highest BCUT2D eigenvalue weighted by Gasteiger charge is 2.05. The second-order valence-electron chi connectivity index (χ2n) is 4.13. The van der Waals surface area contributed by atoms with Gasteiger partial charge in [-0.2, -0.15) is 0 Å². The van der Waals surface area contributed by atoms with Crippen LogP contribution in [0.3, 0.4) is 0 Å². The Morgan fingerprint density at radius 3 is 2.67 bits per heavy atom. The van der Waals surface area contributed by atoms with Crippen molar-refractivity contribution in [2.45, 2.75) is 20.5 Å². The Balaban J connectivity index is 2.27. The van der Waals surface area contributed by atoms with Crippen molar-refractivity contribution in [1.29, 1.82) is 0 Å².